The summed E-state index contributed by atoms with van der Waals surface area (Å²) in [4.78, 5) is 11.1. The molecule has 1 aromatic carbocycles. The van der Waals surface area contributed by atoms with E-state index in [2.05, 4.69) is 11.0 Å². The first-order valence-electron chi connectivity index (χ1n) is 8.48. The van der Waals surface area contributed by atoms with Gasteiger partial charge in [0, 0.05) is 53.4 Å². The summed E-state index contributed by atoms with van der Waals surface area (Å²) in [6.45, 7) is 5.86. The van der Waals surface area contributed by atoms with Crippen LogP contribution < -0.4 is 4.74 Å². The van der Waals surface area contributed by atoms with Gasteiger partial charge in [-0.15, -0.1) is 0 Å². The monoisotopic (exact) mass is 334 g/mol. The Morgan fingerprint density at radius 2 is 1.79 bits per heavy atom. The number of morpholine rings is 1. The molecule has 0 spiro atoms. The molecule has 0 bridgehead atoms. The SMILES string of the molecule is CN(C)C(=NCc1ccccc1OCCN1CCOCC1)N(C)C. The minimum absolute atomic E-state index is 0.611. The van der Waals surface area contributed by atoms with E-state index in [1.54, 1.807) is 0 Å². The van der Waals surface area contributed by atoms with Gasteiger partial charge in [-0.05, 0) is 6.07 Å². The molecule has 0 aromatic heterocycles. The van der Waals surface area contributed by atoms with Gasteiger partial charge in [0.05, 0.1) is 19.8 Å². The van der Waals surface area contributed by atoms with Gasteiger partial charge < -0.3 is 19.3 Å². The third-order valence-electron chi connectivity index (χ3n) is 3.93. The molecule has 24 heavy (non-hydrogen) atoms. The van der Waals surface area contributed by atoms with Gasteiger partial charge in [-0.2, -0.15) is 0 Å². The lowest BCUT2D eigenvalue weighted by Gasteiger charge is -2.26. The van der Waals surface area contributed by atoms with Gasteiger partial charge in [-0.1, -0.05) is 18.2 Å². The fourth-order valence-corrected chi connectivity index (χ4v) is 2.72. The van der Waals surface area contributed by atoms with Crippen molar-refractivity contribution in [1.29, 1.82) is 0 Å². The molecule has 0 atom stereocenters. The van der Waals surface area contributed by atoms with E-state index < -0.39 is 0 Å². The standard InChI is InChI=1S/C18H30N4O2/c1-20(2)18(21(3)4)19-15-16-7-5-6-8-17(16)24-14-11-22-9-12-23-13-10-22/h5-8H,9-15H2,1-4H3. The van der Waals surface area contributed by atoms with E-state index in [0.717, 1.165) is 50.1 Å². The zero-order valence-electron chi connectivity index (χ0n) is 15.4. The largest absolute Gasteiger partial charge is 0.492 e. The number of benzene rings is 1. The van der Waals surface area contributed by atoms with Crippen molar-refractivity contribution in [3.8, 4) is 5.75 Å². The van der Waals surface area contributed by atoms with Gasteiger partial charge in [-0.3, -0.25) is 4.90 Å². The van der Waals surface area contributed by atoms with E-state index in [4.69, 9.17) is 14.5 Å². The summed E-state index contributed by atoms with van der Waals surface area (Å²) in [6.07, 6.45) is 0. The highest BCUT2D eigenvalue weighted by molar-refractivity contribution is 5.79. The number of aliphatic imine (C=N–C) groups is 1. The lowest BCUT2D eigenvalue weighted by molar-refractivity contribution is 0.0322. The van der Waals surface area contributed by atoms with Crippen LogP contribution >= 0.6 is 0 Å². The van der Waals surface area contributed by atoms with E-state index in [1.807, 2.05) is 56.2 Å². The number of guanidine groups is 1. The number of para-hydroxylation sites is 1. The van der Waals surface area contributed by atoms with E-state index in [-0.39, 0.29) is 0 Å². The molecule has 0 saturated carbocycles. The van der Waals surface area contributed by atoms with Gasteiger partial charge >= 0.3 is 0 Å². The summed E-state index contributed by atoms with van der Waals surface area (Å²) in [7, 11) is 8.01. The highest BCUT2D eigenvalue weighted by Crippen LogP contribution is 2.19. The minimum Gasteiger partial charge on any atom is -0.492 e. The number of rotatable bonds is 6. The third-order valence-corrected chi connectivity index (χ3v) is 3.93. The van der Waals surface area contributed by atoms with Crippen molar-refractivity contribution < 1.29 is 9.47 Å². The van der Waals surface area contributed by atoms with Gasteiger partial charge in [0.15, 0.2) is 5.96 Å². The van der Waals surface area contributed by atoms with E-state index in [0.29, 0.717) is 13.2 Å². The first-order valence-corrected chi connectivity index (χ1v) is 8.48. The van der Waals surface area contributed by atoms with Crippen LogP contribution in [0.3, 0.4) is 0 Å². The normalized spacial score (nSPS) is 15.0. The molecule has 1 fully saturated rings. The first-order chi connectivity index (χ1) is 11.6. The van der Waals surface area contributed by atoms with Crippen LogP contribution in [0.1, 0.15) is 5.56 Å². The van der Waals surface area contributed by atoms with Crippen molar-refractivity contribution in [1.82, 2.24) is 14.7 Å². The molecule has 1 aromatic rings. The van der Waals surface area contributed by atoms with Gasteiger partial charge in [0.2, 0.25) is 0 Å². The first kappa shape index (κ1) is 18.5. The Hall–Kier alpha value is -1.79. The lowest BCUT2D eigenvalue weighted by Crippen LogP contribution is -2.38. The summed E-state index contributed by atoms with van der Waals surface area (Å²) in [6, 6.07) is 8.15. The minimum atomic E-state index is 0.611. The molecule has 0 aliphatic carbocycles. The van der Waals surface area contributed by atoms with Crippen molar-refractivity contribution in [2.75, 3.05) is 67.6 Å². The summed E-state index contributed by atoms with van der Waals surface area (Å²) in [5.41, 5.74) is 1.11. The van der Waals surface area contributed by atoms with Gasteiger partial charge in [0.25, 0.3) is 0 Å². The number of hydrogen-bond acceptors (Lipinski definition) is 4. The lowest BCUT2D eigenvalue weighted by atomic mass is 10.2. The number of ether oxygens (including phenoxy) is 2. The summed E-state index contributed by atoms with van der Waals surface area (Å²) in [5.74, 6) is 1.87. The Labute approximate surface area is 145 Å². The molecular formula is C18H30N4O2. The van der Waals surface area contributed by atoms with E-state index in [1.165, 1.54) is 0 Å². The molecule has 0 N–H and O–H groups in total. The molecule has 1 saturated heterocycles. The maximum atomic E-state index is 6.01. The molecular weight excluding hydrogens is 304 g/mol. The predicted molar refractivity (Wildman–Crippen MR) is 97.7 cm³/mol. The van der Waals surface area contributed by atoms with E-state index in [9.17, 15) is 0 Å². The number of nitrogens with zero attached hydrogens (tertiary/aromatic N) is 4. The number of hydrogen-bond donors (Lipinski definition) is 0. The van der Waals surface area contributed by atoms with Crippen molar-refractivity contribution in [3.63, 3.8) is 0 Å². The second kappa shape index (κ2) is 9.49. The molecule has 0 unspecified atom stereocenters. The van der Waals surface area contributed by atoms with Gasteiger partial charge in [-0.25, -0.2) is 4.99 Å². The van der Waals surface area contributed by atoms with Crippen LogP contribution in [0, 0.1) is 0 Å². The zero-order valence-corrected chi connectivity index (χ0v) is 15.4. The average Bonchev–Trinajstić information content (AvgIpc) is 2.56. The molecule has 1 heterocycles. The maximum Gasteiger partial charge on any atom is 0.195 e. The van der Waals surface area contributed by atoms with Crippen molar-refractivity contribution >= 4 is 5.96 Å². The second-order valence-electron chi connectivity index (χ2n) is 6.32. The third kappa shape index (κ3) is 5.69. The summed E-state index contributed by atoms with van der Waals surface area (Å²) >= 11 is 0. The molecule has 6 heteroatoms. The van der Waals surface area contributed by atoms with Crippen LogP contribution in [-0.2, 0) is 11.3 Å². The highest BCUT2D eigenvalue weighted by atomic mass is 16.5. The fraction of sp³-hybridized carbons (Fsp3) is 0.611. The molecule has 1 aliphatic heterocycles. The second-order valence-corrected chi connectivity index (χ2v) is 6.32. The quantitative estimate of drug-likeness (QED) is 0.581. The molecule has 2 rings (SSSR count). The van der Waals surface area contributed by atoms with Crippen LogP contribution in [0.15, 0.2) is 29.3 Å². The van der Waals surface area contributed by atoms with Crippen LogP contribution in [-0.4, -0.2) is 88.3 Å². The molecule has 0 radical (unpaired) electrons. The Morgan fingerprint density at radius 1 is 1.12 bits per heavy atom. The van der Waals surface area contributed by atoms with Crippen LogP contribution in [0.25, 0.3) is 0 Å². The molecule has 0 amide bonds. The predicted octanol–water partition coefficient (Wildman–Crippen LogP) is 1.38. The summed E-state index contributed by atoms with van der Waals surface area (Å²) < 4.78 is 11.4. The van der Waals surface area contributed by atoms with Crippen molar-refractivity contribution in [2.24, 2.45) is 4.99 Å². The maximum absolute atomic E-state index is 6.01. The molecule has 134 valence electrons. The Balaban J connectivity index is 1.92. The average molecular weight is 334 g/mol. The Kier molecular flexibility index (Phi) is 7.34. The van der Waals surface area contributed by atoms with E-state index >= 15 is 0 Å². The van der Waals surface area contributed by atoms with Gasteiger partial charge in [0.1, 0.15) is 12.4 Å². The smallest absolute Gasteiger partial charge is 0.195 e. The van der Waals surface area contributed by atoms with Crippen LogP contribution in [0.5, 0.6) is 5.75 Å². The zero-order chi connectivity index (χ0) is 17.4. The molecule has 1 aliphatic rings. The molecule has 6 nitrogen and oxygen atoms in total. The topological polar surface area (TPSA) is 40.5 Å². The Bertz CT molecular complexity index is 516. The Morgan fingerprint density at radius 3 is 2.46 bits per heavy atom. The van der Waals surface area contributed by atoms with Crippen molar-refractivity contribution in [2.45, 2.75) is 6.54 Å². The van der Waals surface area contributed by atoms with Crippen LogP contribution in [0.2, 0.25) is 0 Å². The summed E-state index contributed by atoms with van der Waals surface area (Å²) in [5, 5.41) is 0. The fourth-order valence-electron chi connectivity index (χ4n) is 2.72. The highest BCUT2D eigenvalue weighted by Gasteiger charge is 2.11. The van der Waals surface area contributed by atoms with Crippen molar-refractivity contribution in [3.05, 3.63) is 29.8 Å². The van der Waals surface area contributed by atoms with Crippen LogP contribution in [0.4, 0.5) is 0 Å².